The predicted octanol–water partition coefficient (Wildman–Crippen LogP) is 4.06. The average Bonchev–Trinajstić information content (AvgIpc) is 3.16. The average molecular weight is 379 g/mol. The highest BCUT2D eigenvalue weighted by atomic mass is 16.5. The molecule has 2 aromatic heterocycles. The Hall–Kier alpha value is -2.93. The molecule has 1 aliphatic heterocycles. The highest BCUT2D eigenvalue weighted by molar-refractivity contribution is 5.91. The van der Waals surface area contributed by atoms with E-state index >= 15 is 0 Å². The van der Waals surface area contributed by atoms with Crippen molar-refractivity contribution in [3.8, 4) is 0 Å². The first-order valence-electron chi connectivity index (χ1n) is 9.78. The molecule has 4 rings (SSSR count). The van der Waals surface area contributed by atoms with Gasteiger partial charge in [0.15, 0.2) is 0 Å². The van der Waals surface area contributed by atoms with Crippen LogP contribution in [0.1, 0.15) is 43.8 Å². The maximum absolute atomic E-state index is 12.4. The number of hydrogen-bond donors (Lipinski definition) is 2. The predicted molar refractivity (Wildman–Crippen MR) is 108 cm³/mol. The molecule has 7 nitrogen and oxygen atoms in total. The third-order valence-electron chi connectivity index (χ3n) is 5.18. The lowest BCUT2D eigenvalue weighted by atomic mass is 10.1. The van der Waals surface area contributed by atoms with Gasteiger partial charge in [-0.1, -0.05) is 37.3 Å². The van der Waals surface area contributed by atoms with Gasteiger partial charge in [0, 0.05) is 18.6 Å². The second kappa shape index (κ2) is 8.39. The Kier molecular flexibility index (Phi) is 5.53. The minimum Gasteiger partial charge on any atom is -0.381 e. The monoisotopic (exact) mass is 379 g/mol. The minimum absolute atomic E-state index is 0.0406. The van der Waals surface area contributed by atoms with Gasteiger partial charge < -0.3 is 10.1 Å². The highest BCUT2D eigenvalue weighted by Gasteiger charge is 2.19. The van der Waals surface area contributed by atoms with Crippen molar-refractivity contribution in [2.45, 2.75) is 38.3 Å². The molecule has 0 bridgehead atoms. The van der Waals surface area contributed by atoms with Crippen LogP contribution in [0.15, 0.2) is 48.8 Å². The van der Waals surface area contributed by atoms with E-state index in [1.165, 1.54) is 0 Å². The van der Waals surface area contributed by atoms with E-state index in [9.17, 15) is 4.79 Å². The van der Waals surface area contributed by atoms with Gasteiger partial charge in [0.2, 0.25) is 0 Å². The van der Waals surface area contributed by atoms with Gasteiger partial charge in [0.05, 0.1) is 30.0 Å². The first kappa shape index (κ1) is 18.4. The van der Waals surface area contributed by atoms with E-state index in [-0.39, 0.29) is 12.1 Å². The van der Waals surface area contributed by atoms with Crippen molar-refractivity contribution in [2.75, 3.05) is 18.5 Å². The van der Waals surface area contributed by atoms with E-state index in [0.29, 0.717) is 11.9 Å². The summed E-state index contributed by atoms with van der Waals surface area (Å²) >= 11 is 0. The smallest absolute Gasteiger partial charge is 0.320 e. The van der Waals surface area contributed by atoms with Crippen molar-refractivity contribution >= 4 is 22.8 Å². The summed E-state index contributed by atoms with van der Waals surface area (Å²) in [6.07, 6.45) is 6.33. The molecule has 3 heterocycles. The molecule has 1 aromatic carbocycles. The number of nitrogens with one attached hydrogen (secondary N) is 2. The van der Waals surface area contributed by atoms with Crippen LogP contribution < -0.4 is 10.6 Å². The lowest BCUT2D eigenvalue weighted by Gasteiger charge is -2.23. The molecule has 146 valence electrons. The number of carbonyl (C=O) groups excluding carboxylic acids is 1. The summed E-state index contributed by atoms with van der Waals surface area (Å²) in [5.74, 6) is 0.513. The molecule has 7 heteroatoms. The van der Waals surface area contributed by atoms with Gasteiger partial charge in [-0.3, -0.25) is 10.00 Å². The summed E-state index contributed by atoms with van der Waals surface area (Å²) in [7, 11) is 0. The van der Waals surface area contributed by atoms with Crippen molar-refractivity contribution in [3.63, 3.8) is 0 Å². The first-order chi connectivity index (χ1) is 13.7. The number of pyridine rings is 1. The van der Waals surface area contributed by atoms with Crippen LogP contribution in [0.2, 0.25) is 0 Å². The lowest BCUT2D eigenvalue weighted by molar-refractivity contribution is 0.0674. The standard InChI is InChI=1S/C21H25N5O2/c1-2-18(15-6-4-3-5-7-15)24-21(27)25-20-12-16-13-23-26(19(16)14-22-20)17-8-10-28-11-9-17/h3-7,12-14,17-18H,2,8-11H2,1H3,(H2,22,24,25,27)/t18-/m1/s1. The number of rotatable bonds is 5. The quantitative estimate of drug-likeness (QED) is 0.701. The number of aromatic nitrogens is 3. The zero-order valence-corrected chi connectivity index (χ0v) is 16.0. The van der Waals surface area contributed by atoms with E-state index in [4.69, 9.17) is 4.74 Å². The minimum atomic E-state index is -0.264. The number of fused-ring (bicyclic) bond motifs is 1. The molecule has 3 aromatic rings. The molecule has 1 fully saturated rings. The number of carbonyl (C=O) groups is 1. The van der Waals surface area contributed by atoms with Gasteiger partial charge >= 0.3 is 6.03 Å². The Labute approximate surface area is 164 Å². The van der Waals surface area contributed by atoms with E-state index in [0.717, 1.165) is 48.9 Å². The van der Waals surface area contributed by atoms with Crippen molar-refractivity contribution in [1.29, 1.82) is 0 Å². The number of hydrogen-bond acceptors (Lipinski definition) is 4. The lowest BCUT2D eigenvalue weighted by Crippen LogP contribution is -2.32. The fourth-order valence-corrected chi connectivity index (χ4v) is 3.65. The molecule has 0 saturated carbocycles. The summed E-state index contributed by atoms with van der Waals surface area (Å²) < 4.78 is 7.46. The Bertz CT molecular complexity index is 934. The van der Waals surface area contributed by atoms with Gasteiger partial charge in [-0.05, 0) is 30.9 Å². The zero-order chi connectivity index (χ0) is 19.3. The third-order valence-corrected chi connectivity index (χ3v) is 5.18. The summed E-state index contributed by atoms with van der Waals surface area (Å²) in [6, 6.07) is 11.9. The Balaban J connectivity index is 1.45. The number of anilines is 1. The van der Waals surface area contributed by atoms with Gasteiger partial charge in [0.1, 0.15) is 5.82 Å². The van der Waals surface area contributed by atoms with Crippen molar-refractivity contribution in [2.24, 2.45) is 0 Å². The molecular weight excluding hydrogens is 354 g/mol. The molecule has 0 spiro atoms. The van der Waals surface area contributed by atoms with E-state index in [2.05, 4.69) is 20.7 Å². The molecule has 1 saturated heterocycles. The zero-order valence-electron chi connectivity index (χ0n) is 16.0. The van der Waals surface area contributed by atoms with Gasteiger partial charge in [-0.15, -0.1) is 0 Å². The van der Waals surface area contributed by atoms with Crippen LogP contribution in [0.3, 0.4) is 0 Å². The molecule has 1 aliphatic rings. The van der Waals surface area contributed by atoms with Crippen LogP contribution in [0.25, 0.3) is 10.9 Å². The fraction of sp³-hybridized carbons (Fsp3) is 0.381. The number of benzene rings is 1. The van der Waals surface area contributed by atoms with Crippen molar-refractivity contribution in [1.82, 2.24) is 20.1 Å². The number of ether oxygens (including phenoxy) is 1. The summed E-state index contributed by atoms with van der Waals surface area (Å²) in [5, 5.41) is 11.3. The molecule has 2 N–H and O–H groups in total. The van der Waals surface area contributed by atoms with Crippen LogP contribution >= 0.6 is 0 Å². The maximum Gasteiger partial charge on any atom is 0.320 e. The second-order valence-corrected chi connectivity index (χ2v) is 7.03. The second-order valence-electron chi connectivity index (χ2n) is 7.03. The first-order valence-corrected chi connectivity index (χ1v) is 9.78. The van der Waals surface area contributed by atoms with Gasteiger partial charge in [0.25, 0.3) is 0 Å². The van der Waals surface area contributed by atoms with Crippen molar-refractivity contribution < 1.29 is 9.53 Å². The number of nitrogens with zero attached hydrogens (tertiary/aromatic N) is 3. The van der Waals surface area contributed by atoms with E-state index in [1.54, 1.807) is 6.20 Å². The molecule has 28 heavy (non-hydrogen) atoms. The Morgan fingerprint density at radius 2 is 2.04 bits per heavy atom. The molecular formula is C21H25N5O2. The van der Waals surface area contributed by atoms with Crippen LogP contribution in [0, 0.1) is 0 Å². The Morgan fingerprint density at radius 1 is 1.25 bits per heavy atom. The Morgan fingerprint density at radius 3 is 2.79 bits per heavy atom. The number of amides is 2. The topological polar surface area (TPSA) is 81.1 Å². The highest BCUT2D eigenvalue weighted by Crippen LogP contribution is 2.26. The van der Waals surface area contributed by atoms with Crippen LogP contribution in [0.4, 0.5) is 10.6 Å². The van der Waals surface area contributed by atoms with Gasteiger partial charge in [-0.25, -0.2) is 9.78 Å². The largest absolute Gasteiger partial charge is 0.381 e. The summed E-state index contributed by atoms with van der Waals surface area (Å²) in [4.78, 5) is 16.9. The molecule has 0 radical (unpaired) electrons. The van der Waals surface area contributed by atoms with Crippen LogP contribution in [-0.2, 0) is 4.74 Å². The van der Waals surface area contributed by atoms with Gasteiger partial charge in [-0.2, -0.15) is 5.10 Å². The fourth-order valence-electron chi connectivity index (χ4n) is 3.65. The SMILES string of the molecule is CC[C@@H](NC(=O)Nc1cc2cnn(C3CCOCC3)c2cn1)c1ccccc1. The molecule has 2 amide bonds. The van der Waals surface area contributed by atoms with E-state index < -0.39 is 0 Å². The maximum atomic E-state index is 12.4. The third kappa shape index (κ3) is 3.99. The van der Waals surface area contributed by atoms with Crippen LogP contribution in [-0.4, -0.2) is 34.0 Å². The van der Waals surface area contributed by atoms with Crippen LogP contribution in [0.5, 0.6) is 0 Å². The number of urea groups is 1. The normalized spacial score (nSPS) is 16.0. The van der Waals surface area contributed by atoms with Crippen molar-refractivity contribution in [3.05, 3.63) is 54.4 Å². The summed E-state index contributed by atoms with van der Waals surface area (Å²) in [5.41, 5.74) is 2.06. The molecule has 1 atom stereocenters. The molecule has 0 unspecified atom stereocenters. The summed E-state index contributed by atoms with van der Waals surface area (Å²) in [6.45, 7) is 3.57. The van der Waals surface area contributed by atoms with E-state index in [1.807, 2.05) is 54.2 Å². The molecule has 0 aliphatic carbocycles.